The molecule has 0 heterocycles. The second-order valence-corrected chi connectivity index (χ2v) is 5.00. The Morgan fingerprint density at radius 3 is 2.21 bits per heavy atom. The Morgan fingerprint density at radius 1 is 1.21 bits per heavy atom. The first kappa shape index (κ1) is 9.72. The molecule has 0 amide bonds. The maximum atomic E-state index is 9.23. The fourth-order valence-electron chi connectivity index (χ4n) is 2.52. The molecule has 2 rings (SSSR count). The summed E-state index contributed by atoms with van der Waals surface area (Å²) in [5, 5.41) is 9.23. The van der Waals surface area contributed by atoms with E-state index in [2.05, 4.69) is 45.0 Å². The van der Waals surface area contributed by atoms with Crippen molar-refractivity contribution in [1.29, 1.82) is 0 Å². The van der Waals surface area contributed by atoms with Gasteiger partial charge >= 0.3 is 0 Å². The summed E-state index contributed by atoms with van der Waals surface area (Å²) in [7, 11) is 0. The van der Waals surface area contributed by atoms with Gasteiger partial charge in [0.2, 0.25) is 0 Å². The van der Waals surface area contributed by atoms with E-state index >= 15 is 0 Å². The van der Waals surface area contributed by atoms with E-state index in [1.54, 1.807) is 0 Å². The molecule has 1 aliphatic carbocycles. The molecule has 0 aromatic heterocycles. The lowest BCUT2D eigenvalue weighted by Gasteiger charge is -2.03. The Morgan fingerprint density at radius 2 is 1.79 bits per heavy atom. The van der Waals surface area contributed by atoms with Gasteiger partial charge < -0.3 is 5.11 Å². The minimum atomic E-state index is 0.282. The number of benzene rings is 1. The molecule has 14 heavy (non-hydrogen) atoms. The zero-order valence-corrected chi connectivity index (χ0v) is 9.12. The third-order valence-electron chi connectivity index (χ3n) is 3.68. The van der Waals surface area contributed by atoms with Crippen LogP contribution >= 0.6 is 0 Å². The Balaban J connectivity index is 2.22. The zero-order valence-electron chi connectivity index (χ0n) is 9.12. The third kappa shape index (κ3) is 1.36. The Hall–Kier alpha value is -0.820. The first-order chi connectivity index (χ1) is 6.57. The van der Waals surface area contributed by atoms with Gasteiger partial charge in [-0.05, 0) is 29.7 Å². The van der Waals surface area contributed by atoms with Gasteiger partial charge in [0.25, 0.3) is 0 Å². The monoisotopic (exact) mass is 190 g/mol. The van der Waals surface area contributed by atoms with Crippen LogP contribution in [0.15, 0.2) is 24.3 Å². The normalized spacial score (nSPS) is 28.9. The molecule has 0 spiro atoms. The summed E-state index contributed by atoms with van der Waals surface area (Å²) in [4.78, 5) is 0. The van der Waals surface area contributed by atoms with Crippen LogP contribution < -0.4 is 0 Å². The molecule has 1 saturated carbocycles. The molecule has 1 N–H and O–H groups in total. The first-order valence-corrected chi connectivity index (χ1v) is 5.25. The van der Waals surface area contributed by atoms with E-state index in [1.807, 2.05) is 0 Å². The maximum Gasteiger partial charge on any atom is 0.0470 e. The van der Waals surface area contributed by atoms with Crippen LogP contribution in [0.1, 0.15) is 30.9 Å². The molecule has 76 valence electrons. The Bertz CT molecular complexity index is 324. The minimum Gasteiger partial charge on any atom is -0.396 e. The maximum absolute atomic E-state index is 9.23. The highest BCUT2D eigenvalue weighted by Gasteiger charge is 2.57. The smallest absolute Gasteiger partial charge is 0.0470 e. The SMILES string of the molecule is Cc1ccc(C2C(CO)C2(C)C)cc1. The van der Waals surface area contributed by atoms with Crippen molar-refractivity contribution >= 4 is 0 Å². The molecule has 1 aromatic carbocycles. The Labute approximate surface area is 85.8 Å². The fraction of sp³-hybridized carbons (Fsp3) is 0.538. The summed E-state index contributed by atoms with van der Waals surface area (Å²) in [6.45, 7) is 6.88. The third-order valence-corrected chi connectivity index (χ3v) is 3.68. The highest BCUT2D eigenvalue weighted by Crippen LogP contribution is 2.63. The standard InChI is InChI=1S/C13H18O/c1-9-4-6-10(7-5-9)12-11(8-14)13(12,2)3/h4-7,11-12,14H,8H2,1-3H3. The van der Waals surface area contributed by atoms with E-state index in [0.29, 0.717) is 18.4 Å². The topological polar surface area (TPSA) is 20.2 Å². The number of aliphatic hydroxyl groups is 1. The highest BCUT2D eigenvalue weighted by molar-refractivity contribution is 5.33. The lowest BCUT2D eigenvalue weighted by Crippen LogP contribution is -1.93. The van der Waals surface area contributed by atoms with Gasteiger partial charge in [-0.3, -0.25) is 0 Å². The van der Waals surface area contributed by atoms with Crippen molar-refractivity contribution in [3.63, 3.8) is 0 Å². The predicted octanol–water partition coefficient (Wildman–Crippen LogP) is 2.73. The van der Waals surface area contributed by atoms with Crippen LogP contribution in [0.3, 0.4) is 0 Å². The highest BCUT2D eigenvalue weighted by atomic mass is 16.3. The van der Waals surface area contributed by atoms with Crippen molar-refractivity contribution in [1.82, 2.24) is 0 Å². The van der Waals surface area contributed by atoms with Crippen LogP contribution in [0.4, 0.5) is 0 Å². The summed E-state index contributed by atoms with van der Waals surface area (Å²) in [5.41, 5.74) is 2.96. The molecule has 0 bridgehead atoms. The fourth-order valence-corrected chi connectivity index (χ4v) is 2.52. The minimum absolute atomic E-state index is 0.282. The van der Waals surface area contributed by atoms with Crippen molar-refractivity contribution < 1.29 is 5.11 Å². The average molecular weight is 190 g/mol. The number of rotatable bonds is 2. The van der Waals surface area contributed by atoms with E-state index in [1.165, 1.54) is 11.1 Å². The van der Waals surface area contributed by atoms with Crippen molar-refractivity contribution in [3.8, 4) is 0 Å². The zero-order chi connectivity index (χ0) is 10.3. The molecule has 2 atom stereocenters. The first-order valence-electron chi connectivity index (χ1n) is 5.25. The quantitative estimate of drug-likeness (QED) is 0.760. The largest absolute Gasteiger partial charge is 0.396 e. The molecule has 0 radical (unpaired) electrons. The van der Waals surface area contributed by atoms with Gasteiger partial charge in [-0.25, -0.2) is 0 Å². The summed E-state index contributed by atoms with van der Waals surface area (Å²) in [6.07, 6.45) is 0. The molecule has 2 unspecified atom stereocenters. The number of aliphatic hydroxyl groups excluding tert-OH is 1. The molecular formula is C13H18O. The van der Waals surface area contributed by atoms with E-state index in [9.17, 15) is 5.11 Å². The van der Waals surface area contributed by atoms with Gasteiger partial charge in [-0.2, -0.15) is 0 Å². The number of hydrogen-bond donors (Lipinski definition) is 1. The molecule has 1 aromatic rings. The van der Waals surface area contributed by atoms with Crippen LogP contribution in [0, 0.1) is 18.3 Å². The second-order valence-electron chi connectivity index (χ2n) is 5.00. The van der Waals surface area contributed by atoms with Crippen LogP contribution in [0.5, 0.6) is 0 Å². The molecule has 1 heteroatoms. The van der Waals surface area contributed by atoms with E-state index in [4.69, 9.17) is 0 Å². The van der Waals surface area contributed by atoms with Crippen molar-refractivity contribution in [2.75, 3.05) is 6.61 Å². The van der Waals surface area contributed by atoms with Crippen LogP contribution in [0.25, 0.3) is 0 Å². The van der Waals surface area contributed by atoms with Gasteiger partial charge in [0, 0.05) is 6.61 Å². The van der Waals surface area contributed by atoms with E-state index in [0.717, 1.165) is 0 Å². The van der Waals surface area contributed by atoms with Crippen molar-refractivity contribution in [2.24, 2.45) is 11.3 Å². The van der Waals surface area contributed by atoms with Gasteiger partial charge in [-0.15, -0.1) is 0 Å². The van der Waals surface area contributed by atoms with E-state index in [-0.39, 0.29) is 5.41 Å². The lowest BCUT2D eigenvalue weighted by molar-refractivity contribution is 0.257. The van der Waals surface area contributed by atoms with Crippen LogP contribution in [-0.4, -0.2) is 11.7 Å². The number of hydrogen-bond acceptors (Lipinski definition) is 1. The Kier molecular flexibility index (Phi) is 2.15. The van der Waals surface area contributed by atoms with Crippen LogP contribution in [-0.2, 0) is 0 Å². The van der Waals surface area contributed by atoms with Crippen molar-refractivity contribution in [3.05, 3.63) is 35.4 Å². The second kappa shape index (κ2) is 3.09. The summed E-state index contributed by atoms with van der Waals surface area (Å²) in [5.74, 6) is 0.998. The summed E-state index contributed by atoms with van der Waals surface area (Å²) >= 11 is 0. The predicted molar refractivity (Wildman–Crippen MR) is 58.3 cm³/mol. The van der Waals surface area contributed by atoms with Gasteiger partial charge in [0.05, 0.1) is 0 Å². The molecular weight excluding hydrogens is 172 g/mol. The molecule has 1 aliphatic rings. The van der Waals surface area contributed by atoms with Gasteiger partial charge in [-0.1, -0.05) is 43.7 Å². The van der Waals surface area contributed by atoms with Crippen molar-refractivity contribution in [2.45, 2.75) is 26.7 Å². The van der Waals surface area contributed by atoms with E-state index < -0.39 is 0 Å². The average Bonchev–Trinajstić information content (AvgIpc) is 2.69. The summed E-state index contributed by atoms with van der Waals surface area (Å²) < 4.78 is 0. The lowest BCUT2D eigenvalue weighted by atomic mass is 10.0. The van der Waals surface area contributed by atoms with Crippen LogP contribution in [0.2, 0.25) is 0 Å². The van der Waals surface area contributed by atoms with Gasteiger partial charge in [0.1, 0.15) is 0 Å². The molecule has 1 fully saturated rings. The number of aryl methyl sites for hydroxylation is 1. The molecule has 0 saturated heterocycles. The molecule has 1 nitrogen and oxygen atoms in total. The molecule has 0 aliphatic heterocycles. The van der Waals surface area contributed by atoms with Gasteiger partial charge in [0.15, 0.2) is 0 Å². The summed E-state index contributed by atoms with van der Waals surface area (Å²) in [6, 6.07) is 8.69.